The van der Waals surface area contributed by atoms with Crippen LogP contribution in [-0.4, -0.2) is 59.9 Å². The van der Waals surface area contributed by atoms with Crippen molar-refractivity contribution in [1.82, 2.24) is 15.2 Å². The van der Waals surface area contributed by atoms with Crippen LogP contribution in [0.1, 0.15) is 98.9 Å². The van der Waals surface area contributed by atoms with Crippen molar-refractivity contribution in [3.05, 3.63) is 51.5 Å². The van der Waals surface area contributed by atoms with Gasteiger partial charge in [-0.25, -0.2) is 4.98 Å². The minimum atomic E-state index is -4.48. The number of alkyl halides is 3. The van der Waals surface area contributed by atoms with Gasteiger partial charge in [-0.15, -0.1) is 11.3 Å². The van der Waals surface area contributed by atoms with Gasteiger partial charge in [-0.2, -0.15) is 13.2 Å². The lowest BCUT2D eigenvalue weighted by atomic mass is 9.82. The van der Waals surface area contributed by atoms with E-state index in [4.69, 9.17) is 9.47 Å². The van der Waals surface area contributed by atoms with Crippen molar-refractivity contribution in [1.29, 1.82) is 0 Å². The summed E-state index contributed by atoms with van der Waals surface area (Å²) in [6, 6.07) is 3.76. The summed E-state index contributed by atoms with van der Waals surface area (Å²) in [5.74, 6) is -1.64. The van der Waals surface area contributed by atoms with Crippen LogP contribution in [0.4, 0.5) is 13.2 Å². The van der Waals surface area contributed by atoms with Crippen molar-refractivity contribution in [3.63, 3.8) is 0 Å². The fraction of sp³-hybridized carbons (Fsp3) is 0.606. The molecular weight excluding hydrogens is 623 g/mol. The Kier molecular flexibility index (Phi) is 13.2. The van der Waals surface area contributed by atoms with Gasteiger partial charge in [-0.3, -0.25) is 19.2 Å². The molecule has 13 heteroatoms. The number of thiazole rings is 1. The summed E-state index contributed by atoms with van der Waals surface area (Å²) in [4.78, 5) is 56.9. The molecule has 1 heterocycles. The minimum Gasteiger partial charge on any atom is -0.469 e. The number of nitrogens with zero attached hydrogens (tertiary/aromatic N) is 2. The number of methoxy groups -OCH3 is 1. The highest BCUT2D eigenvalue weighted by Crippen LogP contribution is 2.33. The predicted octanol–water partition coefficient (Wildman–Crippen LogP) is 6.37. The van der Waals surface area contributed by atoms with Gasteiger partial charge in [-0.1, -0.05) is 39.3 Å². The highest BCUT2D eigenvalue weighted by molar-refractivity contribution is 7.09. The Hall–Kier alpha value is -3.48. The first-order chi connectivity index (χ1) is 21.6. The molecule has 1 N–H and O–H groups in total. The summed E-state index contributed by atoms with van der Waals surface area (Å²) < 4.78 is 49.6. The highest BCUT2D eigenvalue weighted by Gasteiger charge is 2.33. The van der Waals surface area contributed by atoms with E-state index in [0.29, 0.717) is 29.3 Å². The van der Waals surface area contributed by atoms with Crippen molar-refractivity contribution in [2.24, 2.45) is 17.8 Å². The lowest BCUT2D eigenvalue weighted by molar-refractivity contribution is -0.149. The van der Waals surface area contributed by atoms with E-state index in [2.05, 4.69) is 10.3 Å². The average Bonchev–Trinajstić information content (AvgIpc) is 3.46. The van der Waals surface area contributed by atoms with Crippen LogP contribution in [0.3, 0.4) is 0 Å². The van der Waals surface area contributed by atoms with Crippen LogP contribution in [0.5, 0.6) is 0 Å². The van der Waals surface area contributed by atoms with Gasteiger partial charge >= 0.3 is 18.1 Å². The lowest BCUT2D eigenvalue weighted by Crippen LogP contribution is -2.42. The van der Waals surface area contributed by atoms with Crippen LogP contribution in [0, 0.1) is 17.8 Å². The molecule has 1 saturated carbocycles. The Bertz CT molecular complexity index is 1340. The first-order valence-electron chi connectivity index (χ1n) is 15.5. The van der Waals surface area contributed by atoms with Crippen LogP contribution in [0.2, 0.25) is 0 Å². The second kappa shape index (κ2) is 16.4. The van der Waals surface area contributed by atoms with Crippen molar-refractivity contribution >= 4 is 35.1 Å². The van der Waals surface area contributed by atoms with Gasteiger partial charge in [0.05, 0.1) is 18.6 Å². The van der Waals surface area contributed by atoms with Gasteiger partial charge in [0.2, 0.25) is 5.91 Å². The Morgan fingerprint density at radius 1 is 1.09 bits per heavy atom. The largest absolute Gasteiger partial charge is 0.469 e. The van der Waals surface area contributed by atoms with E-state index in [1.807, 2.05) is 13.8 Å². The van der Waals surface area contributed by atoms with E-state index in [9.17, 15) is 32.3 Å². The summed E-state index contributed by atoms with van der Waals surface area (Å²) >= 11 is 1.15. The molecule has 4 atom stereocenters. The van der Waals surface area contributed by atoms with E-state index in [1.165, 1.54) is 31.5 Å². The molecule has 2 aromatic rings. The summed E-state index contributed by atoms with van der Waals surface area (Å²) in [6.07, 6.45) is -0.903. The van der Waals surface area contributed by atoms with Gasteiger partial charge in [0.1, 0.15) is 10.7 Å². The summed E-state index contributed by atoms with van der Waals surface area (Å²) in [7, 11) is 3.02. The van der Waals surface area contributed by atoms with Crippen molar-refractivity contribution in [2.75, 3.05) is 14.2 Å². The maximum Gasteiger partial charge on any atom is 0.416 e. The third-order valence-electron chi connectivity index (χ3n) is 8.48. The van der Waals surface area contributed by atoms with Crippen LogP contribution >= 0.6 is 11.3 Å². The normalized spacial score (nSPS) is 16.1. The Morgan fingerprint density at radius 2 is 1.74 bits per heavy atom. The summed E-state index contributed by atoms with van der Waals surface area (Å²) in [5, 5.41) is 4.80. The number of amides is 2. The van der Waals surface area contributed by atoms with E-state index in [-0.39, 0.29) is 36.4 Å². The number of halogens is 3. The number of benzene rings is 1. The molecule has 254 valence electrons. The molecule has 1 fully saturated rings. The Labute approximate surface area is 272 Å². The molecule has 4 unspecified atom stereocenters. The zero-order valence-electron chi connectivity index (χ0n) is 27.2. The van der Waals surface area contributed by atoms with E-state index in [1.54, 1.807) is 18.9 Å². The number of nitrogens with one attached hydrogen (secondary N) is 1. The molecule has 2 amide bonds. The van der Waals surface area contributed by atoms with Crippen LogP contribution < -0.4 is 5.32 Å². The van der Waals surface area contributed by atoms with Gasteiger partial charge in [0.25, 0.3) is 5.91 Å². The first-order valence-corrected chi connectivity index (χ1v) is 16.4. The molecule has 1 aromatic carbocycles. The molecule has 0 aliphatic heterocycles. The molecule has 46 heavy (non-hydrogen) atoms. The van der Waals surface area contributed by atoms with E-state index in [0.717, 1.165) is 42.7 Å². The number of rotatable bonds is 15. The third-order valence-corrected chi connectivity index (χ3v) is 9.42. The maximum atomic E-state index is 13.4. The molecule has 1 aromatic heterocycles. The lowest BCUT2D eigenvalue weighted by Gasteiger charge is -2.35. The molecule has 9 nitrogen and oxygen atoms in total. The van der Waals surface area contributed by atoms with Gasteiger partial charge in [-0.05, 0) is 55.2 Å². The number of carbonyl (C=O) groups is 4. The Morgan fingerprint density at radius 3 is 2.26 bits per heavy atom. The van der Waals surface area contributed by atoms with Gasteiger partial charge < -0.3 is 19.7 Å². The fourth-order valence-electron chi connectivity index (χ4n) is 5.60. The van der Waals surface area contributed by atoms with Crippen LogP contribution in [-0.2, 0) is 36.5 Å². The second-order valence-corrected chi connectivity index (χ2v) is 13.3. The molecule has 0 saturated heterocycles. The van der Waals surface area contributed by atoms with Gasteiger partial charge in [0, 0.05) is 44.3 Å². The monoisotopic (exact) mass is 667 g/mol. The van der Waals surface area contributed by atoms with Crippen LogP contribution in [0.15, 0.2) is 29.6 Å². The highest BCUT2D eigenvalue weighted by atomic mass is 32.1. The molecule has 0 spiro atoms. The standard InChI is InChI=1S/C33H44F3N3O6S/c1-19(2)27(39(5)29(41)16-22-8-7-9-22)17-28(45-21(4)40)31-38-26(18-46-31)30(42)37-25(14-20(3)32(43)44-6)15-23-10-12-24(13-11-23)33(34,35)36/h10-13,18-20,22,25,27-28H,7-9,14-17H2,1-6H3,(H,37,42). The number of carbonyl (C=O) groups excluding carboxylic acids is 4. The molecule has 1 aliphatic carbocycles. The van der Waals surface area contributed by atoms with Gasteiger partial charge in [0.15, 0.2) is 6.10 Å². The Balaban J connectivity index is 1.78. The molecule has 0 bridgehead atoms. The number of hydrogen-bond acceptors (Lipinski definition) is 8. The fourth-order valence-corrected chi connectivity index (χ4v) is 6.44. The van der Waals surface area contributed by atoms with E-state index >= 15 is 0 Å². The maximum absolute atomic E-state index is 13.4. The summed E-state index contributed by atoms with van der Waals surface area (Å²) in [6.45, 7) is 6.92. The van der Waals surface area contributed by atoms with Crippen LogP contribution in [0.25, 0.3) is 0 Å². The quantitative estimate of drug-likeness (QED) is 0.220. The molecule has 0 radical (unpaired) electrons. The number of esters is 2. The van der Waals surface area contributed by atoms with Crippen molar-refractivity contribution in [3.8, 4) is 0 Å². The zero-order valence-corrected chi connectivity index (χ0v) is 28.0. The van der Waals surface area contributed by atoms with E-state index < -0.39 is 47.6 Å². The molecular formula is C33H44F3N3O6S. The molecule has 1 aliphatic rings. The minimum absolute atomic E-state index is 0.0458. The van der Waals surface area contributed by atoms with Crippen molar-refractivity contribution in [2.45, 2.75) is 97.0 Å². The summed E-state index contributed by atoms with van der Waals surface area (Å²) in [5.41, 5.74) is -0.179. The zero-order chi connectivity index (χ0) is 34.2. The predicted molar refractivity (Wildman–Crippen MR) is 167 cm³/mol. The average molecular weight is 668 g/mol. The molecule has 3 rings (SSSR count). The topological polar surface area (TPSA) is 115 Å². The number of hydrogen-bond donors (Lipinski definition) is 1. The number of aromatic nitrogens is 1. The first kappa shape index (κ1) is 37.0. The third kappa shape index (κ3) is 10.5. The second-order valence-electron chi connectivity index (χ2n) is 12.5. The SMILES string of the molecule is COC(=O)C(C)CC(Cc1ccc(C(F)(F)F)cc1)NC(=O)c1csc(C(CC(C(C)C)N(C)C(=O)CC2CCC2)OC(C)=O)n1. The number of ether oxygens (including phenoxy) is 2. The van der Waals surface area contributed by atoms with Crippen molar-refractivity contribution < 1.29 is 41.8 Å². The smallest absolute Gasteiger partial charge is 0.416 e.